The van der Waals surface area contributed by atoms with Crippen molar-refractivity contribution in [2.24, 2.45) is 0 Å². The zero-order chi connectivity index (χ0) is 14.4. The van der Waals surface area contributed by atoms with E-state index in [1.165, 1.54) is 6.26 Å². The molecule has 110 valence electrons. The van der Waals surface area contributed by atoms with Gasteiger partial charge in [0.15, 0.2) is 5.76 Å². The van der Waals surface area contributed by atoms with E-state index in [9.17, 15) is 9.59 Å². The quantitative estimate of drug-likeness (QED) is 0.773. The molecule has 1 fully saturated rings. The normalized spacial score (nSPS) is 14.7. The van der Waals surface area contributed by atoms with Gasteiger partial charge < -0.3 is 19.7 Å². The third kappa shape index (κ3) is 3.60. The summed E-state index contributed by atoms with van der Waals surface area (Å²) < 4.78 is 4.96. The Morgan fingerprint density at radius 2 is 2.25 bits per heavy atom. The van der Waals surface area contributed by atoms with Crippen molar-refractivity contribution in [2.45, 2.75) is 31.7 Å². The van der Waals surface area contributed by atoms with Crippen molar-refractivity contribution >= 4 is 11.8 Å². The molecule has 6 heteroatoms. The van der Waals surface area contributed by atoms with Gasteiger partial charge in [0.25, 0.3) is 5.91 Å². The van der Waals surface area contributed by atoms with Crippen molar-refractivity contribution < 1.29 is 19.1 Å². The van der Waals surface area contributed by atoms with Crippen molar-refractivity contribution in [3.63, 3.8) is 0 Å². The summed E-state index contributed by atoms with van der Waals surface area (Å²) >= 11 is 0. The molecule has 1 aliphatic carbocycles. The van der Waals surface area contributed by atoms with Crippen molar-refractivity contribution in [2.75, 3.05) is 19.7 Å². The highest BCUT2D eigenvalue weighted by Crippen LogP contribution is 2.24. The van der Waals surface area contributed by atoms with Gasteiger partial charge >= 0.3 is 0 Å². The van der Waals surface area contributed by atoms with Crippen molar-refractivity contribution in [1.82, 2.24) is 10.2 Å². The number of carbonyl (C=O) groups excluding carboxylic acids is 2. The molecule has 0 unspecified atom stereocenters. The number of hydrogen-bond acceptors (Lipinski definition) is 4. The largest absolute Gasteiger partial charge is 0.459 e. The molecule has 0 spiro atoms. The fourth-order valence-electron chi connectivity index (χ4n) is 2.24. The first kappa shape index (κ1) is 14.6. The van der Waals surface area contributed by atoms with Crippen molar-refractivity contribution in [1.29, 1.82) is 0 Å². The zero-order valence-electron chi connectivity index (χ0n) is 11.4. The predicted molar refractivity (Wildman–Crippen MR) is 72.1 cm³/mol. The highest BCUT2D eigenvalue weighted by Gasteiger charge is 2.27. The minimum atomic E-state index is -0.319. The smallest absolute Gasteiger partial charge is 0.286 e. The van der Waals surface area contributed by atoms with E-state index in [-0.39, 0.29) is 43.2 Å². The van der Waals surface area contributed by atoms with Crippen LogP contribution < -0.4 is 5.32 Å². The highest BCUT2D eigenvalue weighted by atomic mass is 16.3. The Hall–Kier alpha value is -1.82. The summed E-state index contributed by atoms with van der Waals surface area (Å²) in [7, 11) is 0. The minimum Gasteiger partial charge on any atom is -0.459 e. The lowest BCUT2D eigenvalue weighted by molar-refractivity contribution is -0.135. The first-order chi connectivity index (χ1) is 9.72. The topological polar surface area (TPSA) is 82.8 Å². The Kier molecular flexibility index (Phi) is 5.17. The summed E-state index contributed by atoms with van der Waals surface area (Å²) in [6, 6.07) is 3.47. The molecule has 1 aromatic heterocycles. The van der Waals surface area contributed by atoms with Crippen molar-refractivity contribution in [3.05, 3.63) is 24.2 Å². The average Bonchev–Trinajstić information content (AvgIpc) is 2.89. The van der Waals surface area contributed by atoms with Crippen molar-refractivity contribution in [3.8, 4) is 0 Å². The van der Waals surface area contributed by atoms with Crippen LogP contribution in [0.15, 0.2) is 22.8 Å². The molecule has 20 heavy (non-hydrogen) atoms. The summed E-state index contributed by atoms with van der Waals surface area (Å²) in [5.41, 5.74) is 0. The summed E-state index contributed by atoms with van der Waals surface area (Å²) in [6.45, 7) is 0.615. The lowest BCUT2D eigenvalue weighted by Gasteiger charge is -2.37. The van der Waals surface area contributed by atoms with Crippen LogP contribution in [0.25, 0.3) is 0 Å². The van der Waals surface area contributed by atoms with Crippen LogP contribution in [-0.2, 0) is 4.79 Å². The fourth-order valence-corrected chi connectivity index (χ4v) is 2.24. The van der Waals surface area contributed by atoms with Crippen LogP contribution in [0, 0.1) is 0 Å². The number of hydrogen-bond donors (Lipinski definition) is 2. The monoisotopic (exact) mass is 280 g/mol. The minimum absolute atomic E-state index is 0.0245. The number of aliphatic hydroxyl groups is 1. The van der Waals surface area contributed by atoms with Crippen LogP contribution >= 0.6 is 0 Å². The number of aliphatic hydroxyl groups excluding tert-OH is 1. The summed E-state index contributed by atoms with van der Waals surface area (Å²) in [6.07, 6.45) is 4.81. The van der Waals surface area contributed by atoms with E-state index in [4.69, 9.17) is 9.52 Å². The first-order valence-corrected chi connectivity index (χ1v) is 6.94. The lowest BCUT2D eigenvalue weighted by atomic mass is 9.91. The van der Waals surface area contributed by atoms with Gasteiger partial charge in [0.05, 0.1) is 12.9 Å². The molecule has 1 aromatic rings. The van der Waals surface area contributed by atoms with Gasteiger partial charge in [0.1, 0.15) is 0 Å². The number of rotatable bonds is 7. The Morgan fingerprint density at radius 1 is 1.45 bits per heavy atom. The van der Waals surface area contributed by atoms with Crippen LogP contribution in [0.5, 0.6) is 0 Å². The Bertz CT molecular complexity index is 440. The summed E-state index contributed by atoms with van der Waals surface area (Å²) in [5.74, 6) is -0.104. The molecule has 1 heterocycles. The molecule has 0 radical (unpaired) electrons. The molecule has 0 atom stereocenters. The second-order valence-corrected chi connectivity index (χ2v) is 4.88. The summed E-state index contributed by atoms with van der Waals surface area (Å²) in [5, 5.41) is 11.7. The van der Waals surface area contributed by atoms with E-state index in [1.54, 1.807) is 17.0 Å². The number of furan rings is 1. The number of nitrogens with zero attached hydrogens (tertiary/aromatic N) is 1. The van der Waals surface area contributed by atoms with Gasteiger partial charge in [-0.1, -0.05) is 0 Å². The first-order valence-electron chi connectivity index (χ1n) is 6.94. The number of nitrogens with one attached hydrogen (secondary N) is 1. The van der Waals surface area contributed by atoms with E-state index < -0.39 is 0 Å². The Morgan fingerprint density at radius 3 is 2.80 bits per heavy atom. The van der Waals surface area contributed by atoms with E-state index >= 15 is 0 Å². The van der Waals surface area contributed by atoms with Gasteiger partial charge in [0.2, 0.25) is 5.91 Å². The molecule has 0 aromatic carbocycles. The van der Waals surface area contributed by atoms with Gasteiger partial charge in [-0.3, -0.25) is 9.59 Å². The van der Waals surface area contributed by atoms with Gasteiger partial charge in [0, 0.05) is 25.6 Å². The average molecular weight is 280 g/mol. The molecule has 2 rings (SSSR count). The Balaban J connectivity index is 1.74. The lowest BCUT2D eigenvalue weighted by Crippen LogP contribution is -2.46. The maximum Gasteiger partial charge on any atom is 0.286 e. The van der Waals surface area contributed by atoms with Gasteiger partial charge in [-0.25, -0.2) is 0 Å². The zero-order valence-corrected chi connectivity index (χ0v) is 11.4. The SMILES string of the molecule is O=C(NCCC(=O)N(CCO)C1CCC1)c1ccco1. The molecule has 0 aliphatic heterocycles. The van der Waals surface area contributed by atoms with Gasteiger partial charge in [-0.05, 0) is 31.4 Å². The predicted octanol–water partition coefficient (Wildman–Crippen LogP) is 0.773. The summed E-state index contributed by atoms with van der Waals surface area (Å²) in [4.78, 5) is 25.4. The molecule has 2 amide bonds. The second kappa shape index (κ2) is 7.09. The third-order valence-corrected chi connectivity index (χ3v) is 3.55. The molecule has 0 saturated heterocycles. The van der Waals surface area contributed by atoms with Crippen LogP contribution in [0.2, 0.25) is 0 Å². The van der Waals surface area contributed by atoms with Crippen LogP contribution in [0.3, 0.4) is 0 Å². The van der Waals surface area contributed by atoms with E-state index in [1.807, 2.05) is 0 Å². The standard InChI is InChI=1S/C14H20N2O4/c17-9-8-16(11-3-1-4-11)13(18)6-7-15-14(19)12-5-2-10-20-12/h2,5,10-11,17H,1,3-4,6-9H2,(H,15,19). The maximum atomic E-state index is 12.1. The number of carbonyl (C=O) groups is 2. The van der Waals surface area contributed by atoms with Gasteiger partial charge in [-0.2, -0.15) is 0 Å². The molecule has 6 nitrogen and oxygen atoms in total. The molecule has 1 aliphatic rings. The molecule has 0 bridgehead atoms. The maximum absolute atomic E-state index is 12.1. The van der Waals surface area contributed by atoms with E-state index in [0.29, 0.717) is 6.54 Å². The number of amides is 2. The van der Waals surface area contributed by atoms with Crippen LogP contribution in [0.1, 0.15) is 36.2 Å². The molecular weight excluding hydrogens is 260 g/mol. The fraction of sp³-hybridized carbons (Fsp3) is 0.571. The molecule has 2 N–H and O–H groups in total. The van der Waals surface area contributed by atoms with Gasteiger partial charge in [-0.15, -0.1) is 0 Å². The second-order valence-electron chi connectivity index (χ2n) is 4.88. The third-order valence-electron chi connectivity index (χ3n) is 3.55. The molecule has 1 saturated carbocycles. The van der Waals surface area contributed by atoms with E-state index in [0.717, 1.165) is 19.3 Å². The van der Waals surface area contributed by atoms with E-state index in [2.05, 4.69) is 5.32 Å². The van der Waals surface area contributed by atoms with Crippen LogP contribution in [0.4, 0.5) is 0 Å². The Labute approximate surface area is 117 Å². The highest BCUT2D eigenvalue weighted by molar-refractivity contribution is 5.91. The molecular formula is C14H20N2O4. The van der Waals surface area contributed by atoms with Crippen LogP contribution in [-0.4, -0.2) is 47.6 Å².